The lowest BCUT2D eigenvalue weighted by Gasteiger charge is -2.33. The Bertz CT molecular complexity index is 1720. The van der Waals surface area contributed by atoms with Gasteiger partial charge in [-0.15, -0.1) is 0 Å². The molecular weight excluding hydrogens is 562 g/mol. The van der Waals surface area contributed by atoms with Crippen LogP contribution in [-0.4, -0.2) is 52.4 Å². The molecule has 3 aliphatic rings. The van der Waals surface area contributed by atoms with Crippen LogP contribution in [0.25, 0.3) is 0 Å². The molecule has 3 heterocycles. The molecule has 3 aromatic carbocycles. The quantitative estimate of drug-likeness (QED) is 0.170. The van der Waals surface area contributed by atoms with Gasteiger partial charge >= 0.3 is 0 Å². The highest BCUT2D eigenvalue weighted by Crippen LogP contribution is 2.49. The monoisotopic (exact) mass is 583 g/mol. The van der Waals surface area contributed by atoms with Gasteiger partial charge in [-0.1, -0.05) is 48.0 Å². The minimum atomic E-state index is -1.14. The summed E-state index contributed by atoms with van der Waals surface area (Å²) in [5, 5.41) is 11.9. The molecule has 0 aliphatic carbocycles. The van der Waals surface area contributed by atoms with Gasteiger partial charge in [-0.05, 0) is 36.4 Å². The van der Waals surface area contributed by atoms with E-state index < -0.39 is 46.4 Å². The molecule has 210 valence electrons. The largest absolute Gasteiger partial charge is 0.495 e. The smallest absolute Gasteiger partial charge is 0.271 e. The molecule has 2 amide bonds. The van der Waals surface area contributed by atoms with E-state index in [1.54, 1.807) is 77.8 Å². The van der Waals surface area contributed by atoms with E-state index in [1.165, 1.54) is 19.2 Å². The van der Waals surface area contributed by atoms with Crippen LogP contribution < -0.4 is 9.64 Å². The van der Waals surface area contributed by atoms with Crippen LogP contribution in [0.2, 0.25) is 5.02 Å². The molecule has 6 rings (SSSR count). The van der Waals surface area contributed by atoms with E-state index >= 15 is 0 Å². The fourth-order valence-electron chi connectivity index (χ4n) is 5.94. The van der Waals surface area contributed by atoms with Gasteiger partial charge < -0.3 is 9.64 Å². The SMILES string of the molecule is COc1ccc([N+](=O)[O-])cc1N1C(=O)[C@@H]2[C@H](C1=O)[C@H](C(=O)c1ccc(Cl)cc1)N1C=CC(C(=O)c3ccccc3)=C[C@H]21. The molecule has 4 atom stereocenters. The molecule has 0 spiro atoms. The van der Waals surface area contributed by atoms with Crippen molar-refractivity contribution in [3.63, 3.8) is 0 Å². The highest BCUT2D eigenvalue weighted by molar-refractivity contribution is 6.30. The summed E-state index contributed by atoms with van der Waals surface area (Å²) in [6.07, 6.45) is 4.77. The number of nitro groups is 1. The summed E-state index contributed by atoms with van der Waals surface area (Å²) in [5.74, 6) is -4.13. The van der Waals surface area contributed by atoms with Crippen molar-refractivity contribution >= 4 is 46.4 Å². The van der Waals surface area contributed by atoms with E-state index in [9.17, 15) is 29.3 Å². The summed E-state index contributed by atoms with van der Waals surface area (Å²) in [6, 6.07) is 16.5. The number of rotatable bonds is 7. The second-order valence-electron chi connectivity index (χ2n) is 10.1. The molecule has 0 aromatic heterocycles. The van der Waals surface area contributed by atoms with Gasteiger partial charge in [-0.2, -0.15) is 0 Å². The normalized spacial score (nSPS) is 22.5. The van der Waals surface area contributed by atoms with Gasteiger partial charge in [0.25, 0.3) is 5.69 Å². The molecule has 0 N–H and O–H groups in total. The Hall–Kier alpha value is -5.09. The number of anilines is 1. The number of hydrogen-bond acceptors (Lipinski definition) is 8. The highest BCUT2D eigenvalue weighted by atomic mass is 35.5. The number of ether oxygens (including phenoxy) is 1. The second kappa shape index (κ2) is 10.4. The Labute approximate surface area is 244 Å². The van der Waals surface area contributed by atoms with Crippen LogP contribution >= 0.6 is 11.6 Å². The lowest BCUT2D eigenvalue weighted by molar-refractivity contribution is -0.384. The van der Waals surface area contributed by atoms with E-state index in [-0.39, 0.29) is 22.9 Å². The number of allylic oxidation sites excluding steroid dienone is 2. The Balaban J connectivity index is 1.46. The Morgan fingerprint density at radius 2 is 1.62 bits per heavy atom. The lowest BCUT2D eigenvalue weighted by atomic mass is 9.85. The van der Waals surface area contributed by atoms with Crippen LogP contribution in [0, 0.1) is 22.0 Å². The van der Waals surface area contributed by atoms with Crippen molar-refractivity contribution in [3.05, 3.63) is 123 Å². The number of ketones is 2. The van der Waals surface area contributed by atoms with E-state index in [1.807, 2.05) is 0 Å². The van der Waals surface area contributed by atoms with Crippen molar-refractivity contribution in [1.29, 1.82) is 0 Å². The molecule has 0 bridgehead atoms. The van der Waals surface area contributed by atoms with Crippen LogP contribution in [0.1, 0.15) is 20.7 Å². The van der Waals surface area contributed by atoms with Gasteiger partial charge in [0, 0.05) is 40.1 Å². The zero-order valence-corrected chi connectivity index (χ0v) is 22.8. The second-order valence-corrected chi connectivity index (χ2v) is 10.5. The first-order valence-electron chi connectivity index (χ1n) is 13.0. The number of fused-ring (bicyclic) bond motifs is 3. The number of carbonyl (C=O) groups excluding carboxylic acids is 4. The number of methoxy groups -OCH3 is 1. The summed E-state index contributed by atoms with van der Waals surface area (Å²) in [5.41, 5.74) is 0.625. The summed E-state index contributed by atoms with van der Waals surface area (Å²) >= 11 is 6.03. The number of halogens is 1. The third kappa shape index (κ3) is 4.27. The number of hydrogen-bond donors (Lipinski definition) is 0. The maximum absolute atomic E-state index is 14.1. The number of nitrogens with zero attached hydrogens (tertiary/aromatic N) is 3. The molecule has 2 fully saturated rings. The van der Waals surface area contributed by atoms with Gasteiger partial charge in [0.15, 0.2) is 11.6 Å². The molecule has 3 aromatic rings. The maximum Gasteiger partial charge on any atom is 0.271 e. The zero-order chi connectivity index (χ0) is 29.7. The average molecular weight is 584 g/mol. The number of nitro benzene ring substituents is 1. The van der Waals surface area contributed by atoms with E-state index in [4.69, 9.17) is 16.3 Å². The fraction of sp³-hybridized carbons (Fsp3) is 0.161. The number of amides is 2. The molecule has 42 heavy (non-hydrogen) atoms. The van der Waals surface area contributed by atoms with Gasteiger partial charge in [-0.25, -0.2) is 4.90 Å². The zero-order valence-electron chi connectivity index (χ0n) is 22.0. The number of non-ortho nitro benzene ring substituents is 1. The Morgan fingerprint density at radius 1 is 0.929 bits per heavy atom. The van der Waals surface area contributed by atoms with Crippen molar-refractivity contribution in [2.45, 2.75) is 12.1 Å². The van der Waals surface area contributed by atoms with Crippen LogP contribution in [0.3, 0.4) is 0 Å². The fourth-order valence-corrected chi connectivity index (χ4v) is 6.07. The van der Waals surface area contributed by atoms with Gasteiger partial charge in [0.1, 0.15) is 17.5 Å². The summed E-state index contributed by atoms with van der Waals surface area (Å²) in [6.45, 7) is 0. The van der Waals surface area contributed by atoms with Gasteiger partial charge in [0.2, 0.25) is 11.8 Å². The van der Waals surface area contributed by atoms with Crippen molar-refractivity contribution in [3.8, 4) is 5.75 Å². The first-order chi connectivity index (χ1) is 20.2. The molecular formula is C31H22ClN3O7. The van der Waals surface area contributed by atoms with E-state index in [0.29, 0.717) is 21.7 Å². The van der Waals surface area contributed by atoms with Crippen LogP contribution in [0.4, 0.5) is 11.4 Å². The molecule has 11 heteroatoms. The average Bonchev–Trinajstić information content (AvgIpc) is 3.48. The van der Waals surface area contributed by atoms with Crippen molar-refractivity contribution < 1.29 is 28.8 Å². The number of carbonyl (C=O) groups is 4. The summed E-state index contributed by atoms with van der Waals surface area (Å²) in [4.78, 5) is 68.8. The molecule has 0 unspecified atom stereocenters. The lowest BCUT2D eigenvalue weighted by Crippen LogP contribution is -2.46. The maximum atomic E-state index is 14.1. The minimum Gasteiger partial charge on any atom is -0.495 e. The summed E-state index contributed by atoms with van der Waals surface area (Å²) < 4.78 is 5.34. The van der Waals surface area contributed by atoms with Crippen LogP contribution in [-0.2, 0) is 9.59 Å². The first kappa shape index (κ1) is 27.1. The molecule has 3 aliphatic heterocycles. The first-order valence-corrected chi connectivity index (χ1v) is 13.4. The highest BCUT2D eigenvalue weighted by Gasteiger charge is 2.64. The van der Waals surface area contributed by atoms with Gasteiger partial charge in [0.05, 0.1) is 29.9 Å². The summed E-state index contributed by atoms with van der Waals surface area (Å²) in [7, 11) is 1.32. The van der Waals surface area contributed by atoms with Crippen molar-refractivity contribution in [2.24, 2.45) is 11.8 Å². The minimum absolute atomic E-state index is 0.0822. The van der Waals surface area contributed by atoms with Gasteiger partial charge in [-0.3, -0.25) is 29.3 Å². The third-order valence-electron chi connectivity index (χ3n) is 7.86. The number of Topliss-reactive ketones (excluding diaryl/α,β-unsaturated/α-hetero) is 2. The molecule has 2 saturated heterocycles. The van der Waals surface area contributed by atoms with E-state index in [2.05, 4.69) is 0 Å². The van der Waals surface area contributed by atoms with Crippen molar-refractivity contribution in [1.82, 2.24) is 4.90 Å². The predicted molar refractivity (Wildman–Crippen MR) is 152 cm³/mol. The Kier molecular flexibility index (Phi) is 6.70. The van der Waals surface area contributed by atoms with Crippen LogP contribution in [0.5, 0.6) is 5.75 Å². The topological polar surface area (TPSA) is 127 Å². The number of imide groups is 1. The third-order valence-corrected chi connectivity index (χ3v) is 8.11. The van der Waals surface area contributed by atoms with Crippen LogP contribution in [0.15, 0.2) is 96.7 Å². The molecule has 10 nitrogen and oxygen atoms in total. The standard InChI is InChI=1S/C31H22ClN3O7/c1-42-24-12-11-21(35(40)41)16-22(24)34-30(38)25-23-15-19(28(36)17-5-3-2-4-6-17)13-14-33(23)27(26(25)31(34)39)29(37)18-7-9-20(32)10-8-18/h2-16,23,25-27H,1H3/t23-,25+,26+,27-/m1/s1. The molecule has 0 saturated carbocycles. The predicted octanol–water partition coefficient (Wildman–Crippen LogP) is 4.63. The molecule has 0 radical (unpaired) electrons. The Morgan fingerprint density at radius 3 is 2.29 bits per heavy atom. The van der Waals surface area contributed by atoms with Crippen molar-refractivity contribution in [2.75, 3.05) is 12.0 Å². The van der Waals surface area contributed by atoms with E-state index in [0.717, 1.165) is 11.0 Å². The number of benzene rings is 3.